The molecule has 0 radical (unpaired) electrons. The molecule has 1 amide bonds. The molecule has 1 saturated heterocycles. The molecule has 1 fully saturated rings. The first kappa shape index (κ1) is 26.2. The molecule has 0 aliphatic carbocycles. The number of carbonyl (C=O) groups excluding carboxylic acids is 3. The third-order valence-corrected chi connectivity index (χ3v) is 7.47. The Morgan fingerprint density at radius 2 is 1.87 bits per heavy atom. The fraction of sp³-hybridized carbons (Fsp3) is 0.346. The first-order chi connectivity index (χ1) is 18.7. The standard InChI is InChI=1S/C26H26N6O6S/c1-3-38-24(37)20-14(2)27-26(39-20)30-25-28-21(31-10-4-5-17(33)13-31)18-11-19(34)32(22(18)29-25)12-15-6-8-16(9-7-15)23(35)36/h6-9H,3-5,10-13H2,1-2H3,(H,35,36)(H,27,28,29,30). The number of amides is 1. The number of carbonyl (C=O) groups is 4. The fourth-order valence-electron chi connectivity index (χ4n) is 4.57. The number of piperidine rings is 1. The SMILES string of the molecule is CCOC(=O)c1sc(Nc2nc(N3CCCC(=O)C3)c3c(n2)N(Cc2ccc(C(=O)O)cc2)C(=O)C3)nc1C. The van der Waals surface area contributed by atoms with E-state index in [1.807, 2.05) is 4.90 Å². The molecule has 2 aliphatic heterocycles. The molecule has 0 atom stereocenters. The van der Waals surface area contributed by atoms with Gasteiger partial charge in [0.25, 0.3) is 0 Å². The van der Waals surface area contributed by atoms with E-state index in [0.29, 0.717) is 52.3 Å². The zero-order chi connectivity index (χ0) is 27.7. The Balaban J connectivity index is 1.51. The van der Waals surface area contributed by atoms with E-state index in [1.54, 1.807) is 26.0 Å². The van der Waals surface area contributed by atoms with E-state index in [0.717, 1.165) is 16.9 Å². The number of anilines is 4. The van der Waals surface area contributed by atoms with Crippen molar-refractivity contribution in [2.45, 2.75) is 39.7 Å². The van der Waals surface area contributed by atoms with Crippen LogP contribution in [0.25, 0.3) is 0 Å². The number of hydrogen-bond donors (Lipinski definition) is 2. The fourth-order valence-corrected chi connectivity index (χ4v) is 5.43. The largest absolute Gasteiger partial charge is 0.478 e. The van der Waals surface area contributed by atoms with Crippen molar-refractivity contribution in [2.75, 3.05) is 34.8 Å². The van der Waals surface area contributed by atoms with Crippen LogP contribution in [-0.4, -0.2) is 63.4 Å². The lowest BCUT2D eigenvalue weighted by molar-refractivity contribution is -0.118. The molecule has 39 heavy (non-hydrogen) atoms. The molecule has 4 heterocycles. The Labute approximate surface area is 227 Å². The van der Waals surface area contributed by atoms with E-state index < -0.39 is 11.9 Å². The van der Waals surface area contributed by atoms with Crippen molar-refractivity contribution in [3.05, 3.63) is 51.5 Å². The lowest BCUT2D eigenvalue weighted by Gasteiger charge is -2.28. The average molecular weight is 551 g/mol. The van der Waals surface area contributed by atoms with Crippen LogP contribution in [-0.2, 0) is 27.3 Å². The number of aryl methyl sites for hydroxylation is 1. The van der Waals surface area contributed by atoms with E-state index in [-0.39, 0.29) is 49.3 Å². The van der Waals surface area contributed by atoms with Gasteiger partial charge in [-0.15, -0.1) is 0 Å². The van der Waals surface area contributed by atoms with Gasteiger partial charge in [0.1, 0.15) is 16.5 Å². The zero-order valence-electron chi connectivity index (χ0n) is 21.4. The Hall–Kier alpha value is -4.39. The van der Waals surface area contributed by atoms with Crippen molar-refractivity contribution in [1.82, 2.24) is 15.0 Å². The molecule has 0 unspecified atom stereocenters. The number of Topliss-reactive ketones (excluding diaryl/α,β-unsaturated/α-hetero) is 1. The summed E-state index contributed by atoms with van der Waals surface area (Å²) in [7, 11) is 0. The second-order valence-corrected chi connectivity index (χ2v) is 10.2. The molecule has 0 saturated carbocycles. The van der Waals surface area contributed by atoms with Crippen LogP contribution in [0, 0.1) is 6.92 Å². The number of nitrogens with one attached hydrogen (secondary N) is 1. The van der Waals surface area contributed by atoms with Crippen LogP contribution in [0.15, 0.2) is 24.3 Å². The van der Waals surface area contributed by atoms with Crippen LogP contribution in [0.3, 0.4) is 0 Å². The number of benzene rings is 1. The highest BCUT2D eigenvalue weighted by Gasteiger charge is 2.35. The quantitative estimate of drug-likeness (QED) is 0.397. The highest BCUT2D eigenvalue weighted by atomic mass is 32.1. The Kier molecular flexibility index (Phi) is 7.24. The van der Waals surface area contributed by atoms with E-state index in [4.69, 9.17) is 4.74 Å². The molecule has 1 aromatic carbocycles. The molecular formula is C26H26N6O6S. The number of thiazole rings is 1. The number of fused-ring (bicyclic) bond motifs is 1. The summed E-state index contributed by atoms with van der Waals surface area (Å²) in [4.78, 5) is 66.4. The molecule has 202 valence electrons. The molecule has 2 aliphatic rings. The van der Waals surface area contributed by atoms with Crippen molar-refractivity contribution < 1.29 is 29.0 Å². The van der Waals surface area contributed by atoms with Crippen LogP contribution in [0.5, 0.6) is 0 Å². The van der Waals surface area contributed by atoms with Crippen molar-refractivity contribution in [1.29, 1.82) is 0 Å². The molecule has 2 N–H and O–H groups in total. The predicted molar refractivity (Wildman–Crippen MR) is 143 cm³/mol. The van der Waals surface area contributed by atoms with Gasteiger partial charge in [-0.25, -0.2) is 14.6 Å². The molecule has 0 bridgehead atoms. The van der Waals surface area contributed by atoms with Crippen LogP contribution in [0.1, 0.15) is 56.6 Å². The average Bonchev–Trinajstić information content (AvgIpc) is 3.42. The molecule has 0 spiro atoms. The number of rotatable bonds is 8. The van der Waals surface area contributed by atoms with Crippen LogP contribution >= 0.6 is 11.3 Å². The highest BCUT2D eigenvalue weighted by molar-refractivity contribution is 7.17. The number of aromatic carboxylic acids is 1. The van der Waals surface area contributed by atoms with Crippen molar-refractivity contribution in [3.63, 3.8) is 0 Å². The van der Waals surface area contributed by atoms with Gasteiger partial charge in [-0.1, -0.05) is 23.5 Å². The number of ketones is 1. The first-order valence-electron chi connectivity index (χ1n) is 12.4. The smallest absolute Gasteiger partial charge is 0.350 e. The monoisotopic (exact) mass is 550 g/mol. The van der Waals surface area contributed by atoms with Gasteiger partial charge in [-0.2, -0.15) is 9.97 Å². The molecule has 13 heteroatoms. The minimum absolute atomic E-state index is 0.0756. The van der Waals surface area contributed by atoms with Crippen LogP contribution in [0.2, 0.25) is 0 Å². The summed E-state index contributed by atoms with van der Waals surface area (Å²) in [6.07, 6.45) is 1.26. The third-order valence-electron chi connectivity index (χ3n) is 6.42. The van der Waals surface area contributed by atoms with Gasteiger partial charge in [-0.05, 0) is 38.0 Å². The topological polar surface area (TPSA) is 155 Å². The number of esters is 1. The number of ether oxygens (including phenoxy) is 1. The maximum atomic E-state index is 13.2. The summed E-state index contributed by atoms with van der Waals surface area (Å²) in [5.41, 5.74) is 2.02. The maximum absolute atomic E-state index is 13.2. The summed E-state index contributed by atoms with van der Waals surface area (Å²) >= 11 is 1.11. The summed E-state index contributed by atoms with van der Waals surface area (Å²) < 4.78 is 5.10. The number of carboxylic acids is 1. The second-order valence-electron chi connectivity index (χ2n) is 9.17. The minimum atomic E-state index is -1.03. The molecule has 3 aromatic rings. The lowest BCUT2D eigenvalue weighted by atomic mass is 10.1. The minimum Gasteiger partial charge on any atom is -0.478 e. The van der Waals surface area contributed by atoms with Gasteiger partial charge in [0.2, 0.25) is 11.9 Å². The van der Waals surface area contributed by atoms with Crippen molar-refractivity contribution in [2.24, 2.45) is 0 Å². The molecule has 12 nitrogen and oxygen atoms in total. The maximum Gasteiger partial charge on any atom is 0.350 e. The van der Waals surface area contributed by atoms with E-state index >= 15 is 0 Å². The molecule has 5 rings (SSSR count). The normalized spacial score (nSPS) is 14.9. The number of nitrogens with zero attached hydrogens (tertiary/aromatic N) is 5. The van der Waals surface area contributed by atoms with Crippen LogP contribution < -0.4 is 15.1 Å². The number of carboxylic acid groups (broad SMARTS) is 1. The number of hydrogen-bond acceptors (Lipinski definition) is 11. The van der Waals surface area contributed by atoms with Gasteiger partial charge in [0.05, 0.1) is 37.4 Å². The van der Waals surface area contributed by atoms with Gasteiger partial charge in [0.15, 0.2) is 10.9 Å². The Morgan fingerprint density at radius 3 is 2.56 bits per heavy atom. The Bertz CT molecular complexity index is 1470. The zero-order valence-corrected chi connectivity index (χ0v) is 22.2. The van der Waals surface area contributed by atoms with E-state index in [1.165, 1.54) is 17.0 Å². The molecule has 2 aromatic heterocycles. The summed E-state index contributed by atoms with van der Waals surface area (Å²) in [6.45, 7) is 4.67. The van der Waals surface area contributed by atoms with Crippen molar-refractivity contribution in [3.8, 4) is 0 Å². The van der Waals surface area contributed by atoms with Gasteiger partial charge >= 0.3 is 11.9 Å². The molecular weight excluding hydrogens is 524 g/mol. The summed E-state index contributed by atoms with van der Waals surface area (Å²) in [5.74, 6) is -0.494. The number of aromatic nitrogens is 3. The predicted octanol–water partition coefficient (Wildman–Crippen LogP) is 3.12. The first-order valence-corrected chi connectivity index (χ1v) is 13.3. The second kappa shape index (κ2) is 10.8. The third kappa shape index (κ3) is 5.43. The Morgan fingerprint density at radius 1 is 1.13 bits per heavy atom. The lowest BCUT2D eigenvalue weighted by Crippen LogP contribution is -2.36. The van der Waals surface area contributed by atoms with Crippen molar-refractivity contribution >= 4 is 57.7 Å². The summed E-state index contributed by atoms with van der Waals surface area (Å²) in [5, 5.41) is 12.6. The summed E-state index contributed by atoms with van der Waals surface area (Å²) in [6, 6.07) is 6.30. The van der Waals surface area contributed by atoms with Gasteiger partial charge in [-0.3, -0.25) is 19.8 Å². The van der Waals surface area contributed by atoms with Gasteiger partial charge < -0.3 is 14.7 Å². The van der Waals surface area contributed by atoms with E-state index in [2.05, 4.69) is 20.3 Å². The highest BCUT2D eigenvalue weighted by Crippen LogP contribution is 2.37. The van der Waals surface area contributed by atoms with E-state index in [9.17, 15) is 24.3 Å². The van der Waals surface area contributed by atoms with Crippen LogP contribution in [0.4, 0.5) is 22.7 Å². The van der Waals surface area contributed by atoms with Gasteiger partial charge in [0, 0.05) is 18.5 Å².